The van der Waals surface area contributed by atoms with Crippen molar-refractivity contribution < 1.29 is 9.47 Å². The van der Waals surface area contributed by atoms with Crippen molar-refractivity contribution in [3.63, 3.8) is 0 Å². The Morgan fingerprint density at radius 3 is 2.23 bits per heavy atom. The van der Waals surface area contributed by atoms with Gasteiger partial charge in [0.05, 0.1) is 24.4 Å². The van der Waals surface area contributed by atoms with Crippen molar-refractivity contribution in [2.75, 3.05) is 14.2 Å². The maximum absolute atomic E-state index is 13.4. The second-order valence-electron chi connectivity index (χ2n) is 8.52. The van der Waals surface area contributed by atoms with Gasteiger partial charge in [-0.1, -0.05) is 59.9 Å². The number of benzene rings is 3. The quantitative estimate of drug-likeness (QED) is 0.321. The van der Waals surface area contributed by atoms with Gasteiger partial charge in [0.25, 0.3) is 5.56 Å². The first-order valence-electron chi connectivity index (χ1n) is 11.9. The molecule has 0 aliphatic rings. The highest BCUT2D eigenvalue weighted by atomic mass is 32.1. The maximum Gasteiger partial charge on any atom is 0.300 e. The number of aromatic nitrogens is 5. The number of methoxy groups -OCH3 is 2. The van der Waals surface area contributed by atoms with E-state index in [9.17, 15) is 9.59 Å². The Labute approximate surface area is 225 Å². The molecule has 192 valence electrons. The number of rotatable bonds is 6. The van der Waals surface area contributed by atoms with Gasteiger partial charge in [0.2, 0.25) is 4.96 Å². The lowest BCUT2D eigenvalue weighted by Gasteiger charge is -2.09. The fraction of sp³-hybridized carbons (Fsp3) is 0.0690. The fourth-order valence-corrected chi connectivity index (χ4v) is 5.14. The van der Waals surface area contributed by atoms with Crippen molar-refractivity contribution in [3.8, 4) is 39.7 Å². The third kappa shape index (κ3) is 4.47. The Morgan fingerprint density at radius 1 is 0.795 bits per heavy atom. The van der Waals surface area contributed by atoms with Crippen LogP contribution in [0.15, 0.2) is 94.6 Å². The van der Waals surface area contributed by atoms with Gasteiger partial charge < -0.3 is 9.47 Å². The zero-order valence-electron chi connectivity index (χ0n) is 20.9. The summed E-state index contributed by atoms with van der Waals surface area (Å²) in [6.07, 6.45) is 3.60. The molecule has 6 aromatic rings. The smallest absolute Gasteiger partial charge is 0.300 e. The molecule has 0 saturated carbocycles. The summed E-state index contributed by atoms with van der Waals surface area (Å²) in [4.78, 5) is 30.5. The van der Waals surface area contributed by atoms with Gasteiger partial charge in [-0.15, -0.1) is 0 Å². The molecule has 39 heavy (non-hydrogen) atoms. The van der Waals surface area contributed by atoms with Crippen LogP contribution in [0.3, 0.4) is 0 Å². The summed E-state index contributed by atoms with van der Waals surface area (Å²) in [5, 5.41) is 9.18. The minimum atomic E-state index is -0.489. The summed E-state index contributed by atoms with van der Waals surface area (Å²) in [5.74, 6) is 1.15. The summed E-state index contributed by atoms with van der Waals surface area (Å²) in [6.45, 7) is 0. The van der Waals surface area contributed by atoms with Crippen molar-refractivity contribution in [3.05, 3.63) is 116 Å². The van der Waals surface area contributed by atoms with E-state index in [-0.39, 0.29) is 16.2 Å². The molecule has 0 N–H and O–H groups in total. The third-order valence-corrected chi connectivity index (χ3v) is 7.10. The molecule has 0 spiro atoms. The lowest BCUT2D eigenvalue weighted by atomic mass is 10.1. The van der Waals surface area contributed by atoms with Gasteiger partial charge in [-0.2, -0.15) is 19.7 Å². The van der Waals surface area contributed by atoms with Crippen LogP contribution >= 0.6 is 11.3 Å². The molecular formula is C29H21N5O4S. The molecule has 0 atom stereocenters. The highest BCUT2D eigenvalue weighted by Gasteiger charge is 2.16. The average Bonchev–Trinajstić information content (AvgIpc) is 3.53. The van der Waals surface area contributed by atoms with E-state index >= 15 is 0 Å². The number of fused-ring (bicyclic) bond motifs is 1. The topological polar surface area (TPSA) is 101 Å². The number of nitrogens with zero attached hydrogens (tertiary/aromatic N) is 5. The number of para-hydroxylation sites is 1. The Hall–Kier alpha value is -5.09. The zero-order valence-corrected chi connectivity index (χ0v) is 21.8. The molecule has 0 radical (unpaired) electrons. The van der Waals surface area contributed by atoms with Crippen LogP contribution in [-0.2, 0) is 0 Å². The summed E-state index contributed by atoms with van der Waals surface area (Å²) < 4.78 is 14.2. The standard InChI is InChI=1S/C29H21N5O4S/c1-37-22-14-13-19(15-23(22)38-2)25-20(17-33(31-25)21-11-7-4-8-12-21)16-24-28(36)34-29(39-24)30-27(35)26(32-34)18-9-5-3-6-10-18/h3-17H,1-2H3/b24-16-. The van der Waals surface area contributed by atoms with Gasteiger partial charge in [-0.05, 0) is 36.4 Å². The Balaban J connectivity index is 1.55. The second kappa shape index (κ2) is 9.99. The van der Waals surface area contributed by atoms with Crippen LogP contribution in [0.25, 0.3) is 39.2 Å². The molecule has 0 aliphatic heterocycles. The average molecular weight is 536 g/mol. The van der Waals surface area contributed by atoms with Crippen LogP contribution < -0.4 is 25.1 Å². The summed E-state index contributed by atoms with van der Waals surface area (Å²) in [7, 11) is 3.15. The van der Waals surface area contributed by atoms with Gasteiger partial charge in [-0.25, -0.2) is 4.68 Å². The van der Waals surface area contributed by atoms with Gasteiger partial charge >= 0.3 is 5.56 Å². The van der Waals surface area contributed by atoms with Gasteiger partial charge in [0, 0.05) is 22.9 Å². The lowest BCUT2D eigenvalue weighted by Crippen LogP contribution is -2.26. The van der Waals surface area contributed by atoms with Gasteiger partial charge in [0.1, 0.15) is 5.69 Å². The summed E-state index contributed by atoms with van der Waals surface area (Å²) >= 11 is 1.10. The van der Waals surface area contributed by atoms with Crippen molar-refractivity contribution in [1.82, 2.24) is 24.4 Å². The predicted molar refractivity (Wildman–Crippen MR) is 150 cm³/mol. The normalized spacial score (nSPS) is 11.7. The molecule has 0 bridgehead atoms. The first-order chi connectivity index (χ1) is 19.1. The Kier molecular flexibility index (Phi) is 6.22. The van der Waals surface area contributed by atoms with E-state index < -0.39 is 5.56 Å². The summed E-state index contributed by atoms with van der Waals surface area (Å²) in [5.41, 5.74) is 2.83. The number of hydrogen-bond donors (Lipinski definition) is 0. The lowest BCUT2D eigenvalue weighted by molar-refractivity contribution is 0.355. The van der Waals surface area contributed by atoms with Crippen LogP contribution in [0, 0.1) is 0 Å². The predicted octanol–water partition coefficient (Wildman–Crippen LogP) is 3.60. The van der Waals surface area contributed by atoms with Crippen molar-refractivity contribution >= 4 is 22.4 Å². The van der Waals surface area contributed by atoms with E-state index in [4.69, 9.17) is 14.6 Å². The molecule has 0 fully saturated rings. The van der Waals surface area contributed by atoms with Crippen LogP contribution in [0.2, 0.25) is 0 Å². The molecule has 0 unspecified atom stereocenters. The van der Waals surface area contributed by atoms with E-state index in [0.29, 0.717) is 32.9 Å². The first-order valence-corrected chi connectivity index (χ1v) is 12.8. The maximum atomic E-state index is 13.4. The van der Waals surface area contributed by atoms with Crippen LogP contribution in [-0.4, -0.2) is 38.6 Å². The van der Waals surface area contributed by atoms with Crippen LogP contribution in [0.5, 0.6) is 11.5 Å². The van der Waals surface area contributed by atoms with Crippen molar-refractivity contribution in [2.45, 2.75) is 0 Å². The number of thiazole rings is 1. The van der Waals surface area contributed by atoms with Gasteiger partial charge in [-0.3, -0.25) is 9.59 Å². The minimum Gasteiger partial charge on any atom is -0.493 e. The fourth-order valence-electron chi connectivity index (χ4n) is 4.24. The molecule has 3 heterocycles. The van der Waals surface area contributed by atoms with E-state index in [1.165, 1.54) is 4.52 Å². The second-order valence-corrected chi connectivity index (χ2v) is 9.53. The van der Waals surface area contributed by atoms with Crippen molar-refractivity contribution in [1.29, 1.82) is 0 Å². The van der Waals surface area contributed by atoms with E-state index in [1.54, 1.807) is 49.2 Å². The number of hydrogen-bond acceptors (Lipinski definition) is 8. The monoisotopic (exact) mass is 535 g/mol. The van der Waals surface area contributed by atoms with Crippen molar-refractivity contribution in [2.24, 2.45) is 0 Å². The zero-order chi connectivity index (χ0) is 26.9. The van der Waals surface area contributed by atoms with E-state index in [2.05, 4.69) is 10.1 Å². The molecular weight excluding hydrogens is 514 g/mol. The first kappa shape index (κ1) is 24.3. The molecule has 6 rings (SSSR count). The van der Waals surface area contributed by atoms with Crippen LogP contribution in [0.4, 0.5) is 0 Å². The molecule has 0 amide bonds. The van der Waals surface area contributed by atoms with E-state index in [1.807, 2.05) is 60.8 Å². The molecule has 9 nitrogen and oxygen atoms in total. The molecule has 10 heteroatoms. The molecule has 0 saturated heterocycles. The molecule has 3 aromatic carbocycles. The highest BCUT2D eigenvalue weighted by molar-refractivity contribution is 7.15. The number of ether oxygens (including phenoxy) is 2. The largest absolute Gasteiger partial charge is 0.493 e. The minimum absolute atomic E-state index is 0.123. The SMILES string of the molecule is COc1ccc(-c2nn(-c3ccccc3)cc2/C=c2\sc3nc(=O)c(-c4ccccc4)nn3c2=O)cc1OC. The summed E-state index contributed by atoms with van der Waals surface area (Å²) in [6, 6.07) is 24.2. The Bertz CT molecular complexity index is 1980. The Morgan fingerprint density at radius 2 is 1.51 bits per heavy atom. The third-order valence-electron chi connectivity index (χ3n) is 6.14. The highest BCUT2D eigenvalue weighted by Crippen LogP contribution is 2.33. The van der Waals surface area contributed by atoms with E-state index in [0.717, 1.165) is 22.6 Å². The molecule has 0 aliphatic carbocycles. The molecule has 3 aromatic heterocycles. The van der Waals surface area contributed by atoms with Crippen LogP contribution in [0.1, 0.15) is 5.56 Å². The van der Waals surface area contributed by atoms with Gasteiger partial charge in [0.15, 0.2) is 17.2 Å².